The number of tetrazole rings is 1. The van der Waals surface area contributed by atoms with E-state index in [0.29, 0.717) is 31.9 Å². The van der Waals surface area contributed by atoms with Crippen LogP contribution in [-0.2, 0) is 31.8 Å². The first kappa shape index (κ1) is 20.1. The number of amides is 3. The molecule has 0 aliphatic carbocycles. The standard InChI is InChI=1S/C14H22N8O6S/c23-13(12-2-1-11-6-21(12)14(24)22(11)28-29(25)26)17-27-7-10-3-9(4-15-10)5-20-8-16-18-19-20/h8-12,15H,1-7H2,(H,17,23)(H,25,26)/t9-,10+,11?,12?/m0/s1. The molecule has 160 valence electrons. The maximum Gasteiger partial charge on any atom is 0.346 e. The Labute approximate surface area is 168 Å². The Bertz CT molecular complexity index is 765. The maximum absolute atomic E-state index is 12.5. The van der Waals surface area contributed by atoms with Crippen molar-refractivity contribution in [3.8, 4) is 0 Å². The van der Waals surface area contributed by atoms with Crippen LogP contribution >= 0.6 is 0 Å². The Morgan fingerprint density at radius 3 is 3.07 bits per heavy atom. The molecule has 3 amide bonds. The number of nitrogens with zero attached hydrogens (tertiary/aromatic N) is 6. The molecule has 3 saturated heterocycles. The van der Waals surface area contributed by atoms with Crippen LogP contribution in [0, 0.1) is 5.92 Å². The Morgan fingerprint density at radius 2 is 2.31 bits per heavy atom. The number of hydrogen-bond acceptors (Lipinski definition) is 9. The maximum atomic E-state index is 12.5. The monoisotopic (exact) mass is 430 g/mol. The Balaban J connectivity index is 1.20. The number of carbonyl (C=O) groups is 2. The zero-order valence-electron chi connectivity index (χ0n) is 15.4. The van der Waals surface area contributed by atoms with E-state index in [4.69, 9.17) is 9.39 Å². The summed E-state index contributed by atoms with van der Waals surface area (Å²) in [7, 11) is 0. The highest BCUT2D eigenvalue weighted by Gasteiger charge is 2.48. The molecule has 0 saturated carbocycles. The highest BCUT2D eigenvalue weighted by atomic mass is 32.2. The predicted octanol–water partition coefficient (Wildman–Crippen LogP) is -1.96. The molecule has 1 aromatic rings. The topological polar surface area (TPSA) is 164 Å². The number of urea groups is 1. The van der Waals surface area contributed by atoms with E-state index in [-0.39, 0.29) is 18.6 Å². The second-order valence-corrected chi connectivity index (χ2v) is 7.90. The van der Waals surface area contributed by atoms with Gasteiger partial charge in [-0.2, -0.15) is 9.27 Å². The summed E-state index contributed by atoms with van der Waals surface area (Å²) >= 11 is -2.59. The van der Waals surface area contributed by atoms with Gasteiger partial charge in [0.15, 0.2) is 0 Å². The molecule has 3 aliphatic rings. The molecule has 0 spiro atoms. The number of hydroxylamine groups is 3. The fourth-order valence-corrected chi connectivity index (χ4v) is 4.37. The van der Waals surface area contributed by atoms with Crippen molar-refractivity contribution < 1.29 is 27.5 Å². The van der Waals surface area contributed by atoms with E-state index in [1.165, 1.54) is 4.90 Å². The van der Waals surface area contributed by atoms with Gasteiger partial charge in [0.05, 0.1) is 12.6 Å². The van der Waals surface area contributed by atoms with Gasteiger partial charge in [0.25, 0.3) is 5.91 Å². The lowest BCUT2D eigenvalue weighted by Gasteiger charge is -2.29. The SMILES string of the molecule is O=C(NOC[C@H]1C[C@H](Cn2cnnn2)CN1)C1CCC2CN1C(=O)N2OS(=O)O. The van der Waals surface area contributed by atoms with Gasteiger partial charge in [0.1, 0.15) is 12.4 Å². The number of hydrogen-bond donors (Lipinski definition) is 3. The zero-order chi connectivity index (χ0) is 20.4. The molecule has 0 aromatic carbocycles. The van der Waals surface area contributed by atoms with Crippen molar-refractivity contribution in [1.82, 2.24) is 41.0 Å². The fraction of sp³-hybridized carbons (Fsp3) is 0.786. The summed E-state index contributed by atoms with van der Waals surface area (Å²) in [5.41, 5.74) is 2.42. The lowest BCUT2D eigenvalue weighted by molar-refractivity contribution is -0.139. The molecular formula is C14H22N8O6S. The van der Waals surface area contributed by atoms with Crippen LogP contribution in [0.15, 0.2) is 6.33 Å². The van der Waals surface area contributed by atoms with Crippen LogP contribution in [0.1, 0.15) is 19.3 Å². The van der Waals surface area contributed by atoms with Gasteiger partial charge >= 0.3 is 17.4 Å². The number of piperidine rings is 1. The summed E-state index contributed by atoms with van der Waals surface area (Å²) in [6, 6.07) is -1.56. The van der Waals surface area contributed by atoms with Crippen LogP contribution < -0.4 is 10.8 Å². The van der Waals surface area contributed by atoms with Gasteiger partial charge in [0.2, 0.25) is 0 Å². The molecule has 3 fully saturated rings. The minimum atomic E-state index is -2.59. The average Bonchev–Trinajstić information content (AvgIpc) is 3.41. The molecule has 3 unspecified atom stereocenters. The van der Waals surface area contributed by atoms with E-state index in [1.54, 1.807) is 11.0 Å². The smallest absolute Gasteiger partial charge is 0.311 e. The second-order valence-electron chi connectivity index (χ2n) is 7.32. The summed E-state index contributed by atoms with van der Waals surface area (Å²) in [4.78, 5) is 31.5. The van der Waals surface area contributed by atoms with Crippen molar-refractivity contribution >= 4 is 23.3 Å². The molecule has 0 radical (unpaired) electrons. The highest BCUT2D eigenvalue weighted by molar-refractivity contribution is 7.74. The predicted molar refractivity (Wildman–Crippen MR) is 94.4 cm³/mol. The number of fused-ring (bicyclic) bond motifs is 2. The Hall–Kier alpha value is -2.20. The van der Waals surface area contributed by atoms with Gasteiger partial charge < -0.3 is 10.2 Å². The first-order valence-corrected chi connectivity index (χ1v) is 10.3. The lowest BCUT2D eigenvalue weighted by Crippen LogP contribution is -2.50. The third-order valence-corrected chi connectivity index (χ3v) is 5.66. The molecule has 3 aliphatic heterocycles. The molecule has 29 heavy (non-hydrogen) atoms. The normalized spacial score (nSPS) is 30.0. The number of rotatable bonds is 8. The summed E-state index contributed by atoms with van der Waals surface area (Å²) in [6.07, 6.45) is 3.33. The molecule has 1 aromatic heterocycles. The van der Waals surface area contributed by atoms with Crippen LogP contribution in [0.3, 0.4) is 0 Å². The minimum Gasteiger partial charge on any atom is -0.311 e. The third-order valence-electron chi connectivity index (χ3n) is 5.38. The molecule has 4 heterocycles. The number of carbonyl (C=O) groups excluding carboxylic acids is 2. The summed E-state index contributed by atoms with van der Waals surface area (Å²) in [5.74, 6) is -0.0598. The molecule has 5 atom stereocenters. The van der Waals surface area contributed by atoms with E-state index in [0.717, 1.165) is 18.0 Å². The van der Waals surface area contributed by atoms with E-state index in [1.807, 2.05) is 0 Å². The van der Waals surface area contributed by atoms with E-state index in [2.05, 4.69) is 30.6 Å². The van der Waals surface area contributed by atoms with Crippen LogP contribution in [0.2, 0.25) is 0 Å². The van der Waals surface area contributed by atoms with E-state index < -0.39 is 29.3 Å². The average molecular weight is 430 g/mol. The van der Waals surface area contributed by atoms with Crippen LogP contribution in [0.5, 0.6) is 0 Å². The third kappa shape index (κ3) is 4.53. The molecule has 14 nitrogen and oxygen atoms in total. The van der Waals surface area contributed by atoms with Crippen molar-refractivity contribution in [2.24, 2.45) is 5.92 Å². The highest BCUT2D eigenvalue weighted by Crippen LogP contribution is 2.30. The first-order chi connectivity index (χ1) is 14.0. The van der Waals surface area contributed by atoms with Crippen molar-refractivity contribution in [2.45, 2.75) is 43.9 Å². The minimum absolute atomic E-state index is 0.0874. The van der Waals surface area contributed by atoms with Gasteiger partial charge in [-0.25, -0.2) is 15.0 Å². The molecule has 4 rings (SSSR count). The second kappa shape index (κ2) is 8.66. The van der Waals surface area contributed by atoms with Crippen molar-refractivity contribution in [3.63, 3.8) is 0 Å². The molecule has 3 N–H and O–H groups in total. The van der Waals surface area contributed by atoms with Crippen molar-refractivity contribution in [1.29, 1.82) is 0 Å². The van der Waals surface area contributed by atoms with Crippen LogP contribution in [-0.4, -0.2) is 88.7 Å². The number of aromatic nitrogens is 4. The molecular weight excluding hydrogens is 408 g/mol. The summed E-state index contributed by atoms with van der Waals surface area (Å²) < 4.78 is 26.0. The van der Waals surface area contributed by atoms with Crippen molar-refractivity contribution in [2.75, 3.05) is 19.7 Å². The molecule has 2 bridgehead atoms. The van der Waals surface area contributed by atoms with Gasteiger partial charge in [-0.1, -0.05) is 0 Å². The van der Waals surface area contributed by atoms with Crippen molar-refractivity contribution in [3.05, 3.63) is 6.33 Å². The van der Waals surface area contributed by atoms with Gasteiger partial charge in [-0.15, -0.1) is 9.38 Å². The fourth-order valence-electron chi connectivity index (χ4n) is 4.05. The van der Waals surface area contributed by atoms with Gasteiger partial charge in [-0.3, -0.25) is 14.2 Å². The summed E-state index contributed by atoms with van der Waals surface area (Å²) in [6.45, 7) is 2.06. The van der Waals surface area contributed by atoms with E-state index >= 15 is 0 Å². The van der Waals surface area contributed by atoms with Crippen LogP contribution in [0.25, 0.3) is 0 Å². The lowest BCUT2D eigenvalue weighted by atomic mass is 10.0. The Kier molecular flexibility index (Phi) is 6.00. The first-order valence-electron chi connectivity index (χ1n) is 9.26. The summed E-state index contributed by atoms with van der Waals surface area (Å²) in [5, 5.41) is 15.3. The van der Waals surface area contributed by atoms with Gasteiger partial charge in [-0.05, 0) is 35.6 Å². The largest absolute Gasteiger partial charge is 0.346 e. The quantitative estimate of drug-likeness (QED) is 0.311. The Morgan fingerprint density at radius 1 is 1.45 bits per heavy atom. The molecule has 15 heteroatoms. The zero-order valence-corrected chi connectivity index (χ0v) is 16.2. The van der Waals surface area contributed by atoms with E-state index in [9.17, 15) is 13.8 Å². The van der Waals surface area contributed by atoms with Gasteiger partial charge in [0, 0.05) is 25.7 Å². The van der Waals surface area contributed by atoms with Crippen LogP contribution in [0.4, 0.5) is 4.79 Å². The number of nitrogens with one attached hydrogen (secondary N) is 2.